The average Bonchev–Trinajstić information content (AvgIpc) is 3.47. The van der Waals surface area contributed by atoms with Crippen LogP contribution in [0.5, 0.6) is 0 Å². The maximum absolute atomic E-state index is 12.4. The number of carbonyl (C=O) groups excluding carboxylic acids is 2. The van der Waals surface area contributed by atoms with Crippen molar-refractivity contribution in [2.75, 3.05) is 25.1 Å². The fourth-order valence-electron chi connectivity index (χ4n) is 3.29. The molecule has 0 spiro atoms. The Labute approximate surface area is 178 Å². The van der Waals surface area contributed by atoms with Crippen LogP contribution in [-0.2, 0) is 15.1 Å². The number of anilines is 1. The molecule has 0 saturated carbocycles. The molecule has 2 N–H and O–H groups in total. The van der Waals surface area contributed by atoms with E-state index in [1.807, 2.05) is 41.3 Å². The molecule has 0 radical (unpaired) electrons. The number of carbonyl (C=O) groups is 2. The van der Waals surface area contributed by atoms with E-state index in [2.05, 4.69) is 27.5 Å². The van der Waals surface area contributed by atoms with Crippen LogP contribution in [0.15, 0.2) is 42.0 Å². The molecule has 3 aromatic rings. The van der Waals surface area contributed by atoms with Gasteiger partial charge in [0.1, 0.15) is 5.69 Å². The predicted molar refractivity (Wildman–Crippen MR) is 115 cm³/mol. The highest BCUT2D eigenvalue weighted by molar-refractivity contribution is 7.14. The zero-order chi connectivity index (χ0) is 21.1. The second-order valence-corrected chi connectivity index (χ2v) is 8.40. The zero-order valence-corrected chi connectivity index (χ0v) is 17.7. The first-order chi connectivity index (χ1) is 14.4. The summed E-state index contributed by atoms with van der Waals surface area (Å²) in [4.78, 5) is 33.4. The second-order valence-electron chi connectivity index (χ2n) is 7.54. The van der Waals surface area contributed by atoms with Crippen molar-refractivity contribution < 1.29 is 14.3 Å². The van der Waals surface area contributed by atoms with Crippen LogP contribution in [-0.4, -0.2) is 46.1 Å². The van der Waals surface area contributed by atoms with E-state index in [9.17, 15) is 9.59 Å². The lowest BCUT2D eigenvalue weighted by Crippen LogP contribution is -2.33. The largest absolute Gasteiger partial charge is 0.379 e. The molecule has 8 nitrogen and oxygen atoms in total. The van der Waals surface area contributed by atoms with Crippen LogP contribution in [0.25, 0.3) is 11.4 Å². The van der Waals surface area contributed by atoms with Gasteiger partial charge in [0, 0.05) is 30.1 Å². The highest BCUT2D eigenvalue weighted by Crippen LogP contribution is 2.27. The van der Waals surface area contributed by atoms with E-state index in [-0.39, 0.29) is 23.9 Å². The molecule has 1 fully saturated rings. The van der Waals surface area contributed by atoms with Crippen molar-refractivity contribution in [1.29, 1.82) is 0 Å². The molecule has 30 heavy (non-hydrogen) atoms. The molecule has 9 heteroatoms. The lowest BCUT2D eigenvalue weighted by molar-refractivity contribution is -0.115. The lowest BCUT2D eigenvalue weighted by Gasteiger charge is -2.24. The van der Waals surface area contributed by atoms with Gasteiger partial charge in [0.15, 0.2) is 5.13 Å². The summed E-state index contributed by atoms with van der Waals surface area (Å²) in [5.74, 6) is -0.632. The van der Waals surface area contributed by atoms with E-state index < -0.39 is 0 Å². The third-order valence-corrected chi connectivity index (χ3v) is 5.84. The van der Waals surface area contributed by atoms with Gasteiger partial charge in [-0.1, -0.05) is 6.07 Å². The number of pyridine rings is 1. The summed E-state index contributed by atoms with van der Waals surface area (Å²) >= 11 is 1.32. The van der Waals surface area contributed by atoms with Crippen LogP contribution in [0.4, 0.5) is 5.13 Å². The molecule has 4 heterocycles. The van der Waals surface area contributed by atoms with E-state index in [1.165, 1.54) is 11.3 Å². The average molecular weight is 426 g/mol. The summed E-state index contributed by atoms with van der Waals surface area (Å²) < 4.78 is 7.48. The molecule has 0 aromatic carbocycles. The highest BCUT2D eigenvalue weighted by Gasteiger charge is 2.31. The van der Waals surface area contributed by atoms with Crippen molar-refractivity contribution >= 4 is 28.3 Å². The molecule has 156 valence electrons. The van der Waals surface area contributed by atoms with Gasteiger partial charge in [-0.15, -0.1) is 11.3 Å². The molecule has 1 atom stereocenters. The van der Waals surface area contributed by atoms with Crippen molar-refractivity contribution in [3.8, 4) is 11.4 Å². The normalized spacial score (nSPS) is 18.3. The Morgan fingerprint density at radius 1 is 1.27 bits per heavy atom. The Morgan fingerprint density at radius 3 is 2.90 bits per heavy atom. The summed E-state index contributed by atoms with van der Waals surface area (Å²) in [7, 11) is 0. The third kappa shape index (κ3) is 4.42. The van der Waals surface area contributed by atoms with Gasteiger partial charge < -0.3 is 19.9 Å². The number of hydrogen-bond donors (Lipinski definition) is 2. The van der Waals surface area contributed by atoms with Crippen molar-refractivity contribution in [1.82, 2.24) is 19.9 Å². The Kier molecular flexibility index (Phi) is 5.65. The van der Waals surface area contributed by atoms with Gasteiger partial charge in [-0.05, 0) is 38.5 Å². The first-order valence-corrected chi connectivity index (χ1v) is 10.5. The van der Waals surface area contributed by atoms with Gasteiger partial charge in [-0.25, -0.2) is 4.98 Å². The molecule has 1 aliphatic heterocycles. The Balaban J connectivity index is 1.31. The van der Waals surface area contributed by atoms with Crippen molar-refractivity contribution in [2.24, 2.45) is 0 Å². The van der Waals surface area contributed by atoms with Crippen LogP contribution in [0.2, 0.25) is 0 Å². The first-order valence-electron chi connectivity index (χ1n) is 9.67. The predicted octanol–water partition coefficient (Wildman–Crippen LogP) is 2.82. The Morgan fingerprint density at radius 2 is 2.13 bits per heavy atom. The molecular weight excluding hydrogens is 402 g/mol. The fraction of sp³-hybridized carbons (Fsp3) is 0.333. The van der Waals surface area contributed by atoms with Gasteiger partial charge in [0.2, 0.25) is 5.91 Å². The molecule has 2 amide bonds. The molecular formula is C21H23N5O3S. The van der Waals surface area contributed by atoms with Gasteiger partial charge in [-0.2, -0.15) is 0 Å². The third-order valence-electron chi connectivity index (χ3n) is 5.09. The van der Waals surface area contributed by atoms with E-state index in [0.29, 0.717) is 23.0 Å². The van der Waals surface area contributed by atoms with Gasteiger partial charge in [0.25, 0.3) is 5.91 Å². The minimum atomic E-state index is -0.336. The van der Waals surface area contributed by atoms with Crippen LogP contribution in [0.3, 0.4) is 0 Å². The number of ether oxygens (including phenoxy) is 1. The molecule has 1 unspecified atom stereocenters. The minimum absolute atomic E-state index is 0.134. The summed E-state index contributed by atoms with van der Waals surface area (Å²) in [6, 6.07) is 7.45. The quantitative estimate of drug-likeness (QED) is 0.633. The van der Waals surface area contributed by atoms with Crippen LogP contribution in [0, 0.1) is 6.92 Å². The first kappa shape index (κ1) is 20.2. The topological polar surface area (TPSA) is 98.1 Å². The molecule has 1 aliphatic rings. The van der Waals surface area contributed by atoms with Gasteiger partial charge >= 0.3 is 0 Å². The second kappa shape index (κ2) is 8.37. The lowest BCUT2D eigenvalue weighted by atomic mass is 10.0. The van der Waals surface area contributed by atoms with Crippen LogP contribution < -0.4 is 10.6 Å². The van der Waals surface area contributed by atoms with Crippen molar-refractivity contribution in [3.63, 3.8) is 0 Å². The summed E-state index contributed by atoms with van der Waals surface area (Å²) in [6.45, 7) is 5.22. The zero-order valence-electron chi connectivity index (χ0n) is 16.8. The number of nitrogens with one attached hydrogen (secondary N) is 2. The SMILES string of the molecule is Cc1cccc(-c2csc(NC(=O)CNC(=O)c3ccn(C4(C)CCOC4)c3)n2)n1. The standard InChI is InChI=1S/C21H23N5O3S/c1-14-4-3-5-16(23-14)17-12-30-20(24-17)25-18(27)10-22-19(28)15-6-8-26(11-15)21(2)7-9-29-13-21/h3-6,8,11-12H,7,9-10,13H2,1-2H3,(H,22,28)(H,24,25,27). The number of aryl methyl sites for hydroxylation is 1. The molecule has 1 saturated heterocycles. The number of aromatic nitrogens is 3. The van der Waals surface area contributed by atoms with Crippen LogP contribution >= 0.6 is 11.3 Å². The van der Waals surface area contributed by atoms with E-state index in [1.54, 1.807) is 12.3 Å². The molecule has 0 bridgehead atoms. The maximum atomic E-state index is 12.4. The van der Waals surface area contributed by atoms with Crippen molar-refractivity contribution in [2.45, 2.75) is 25.8 Å². The summed E-state index contributed by atoms with van der Waals surface area (Å²) in [5, 5.41) is 7.67. The van der Waals surface area contributed by atoms with Crippen molar-refractivity contribution in [3.05, 3.63) is 53.3 Å². The number of hydrogen-bond acceptors (Lipinski definition) is 6. The number of nitrogens with zero attached hydrogens (tertiary/aromatic N) is 3. The van der Waals surface area contributed by atoms with E-state index >= 15 is 0 Å². The van der Waals surface area contributed by atoms with Gasteiger partial charge in [-0.3, -0.25) is 14.6 Å². The number of amides is 2. The number of rotatable bonds is 6. The highest BCUT2D eigenvalue weighted by atomic mass is 32.1. The minimum Gasteiger partial charge on any atom is -0.379 e. The molecule has 4 rings (SSSR count). The Hall–Kier alpha value is -3.04. The van der Waals surface area contributed by atoms with E-state index in [4.69, 9.17) is 4.74 Å². The summed E-state index contributed by atoms with van der Waals surface area (Å²) in [5.41, 5.74) is 2.74. The monoisotopic (exact) mass is 425 g/mol. The van der Waals surface area contributed by atoms with Crippen LogP contribution in [0.1, 0.15) is 29.4 Å². The number of thiazole rings is 1. The Bertz CT molecular complexity index is 1070. The van der Waals surface area contributed by atoms with Gasteiger partial charge in [0.05, 0.1) is 29.9 Å². The molecule has 0 aliphatic carbocycles. The summed E-state index contributed by atoms with van der Waals surface area (Å²) in [6.07, 6.45) is 4.57. The van der Waals surface area contributed by atoms with E-state index in [0.717, 1.165) is 24.4 Å². The smallest absolute Gasteiger partial charge is 0.253 e. The maximum Gasteiger partial charge on any atom is 0.253 e. The fourth-order valence-corrected chi connectivity index (χ4v) is 4.01. The molecule has 3 aromatic heterocycles.